The number of hydrogen-bond donors (Lipinski definition) is 1. The molecule has 0 heterocycles. The van der Waals surface area contributed by atoms with E-state index in [4.69, 9.17) is 28.5 Å². The van der Waals surface area contributed by atoms with Gasteiger partial charge in [0.2, 0.25) is 5.91 Å². The van der Waals surface area contributed by atoms with Crippen LogP contribution in [0.4, 0.5) is 0 Å². The molecular formula is C13H12Cl2N2O. The fraction of sp³-hybridized carbons (Fsp3) is 0.385. The minimum atomic E-state index is -0.812. The topological polar surface area (TPSA) is 52.9 Å². The molecule has 0 aromatic heterocycles. The van der Waals surface area contributed by atoms with E-state index in [0.717, 1.165) is 5.56 Å². The standard InChI is InChI=1S/C13H12Cl2N2O/c1-8(10-3-2-9(14)6-11(10)15)17-12(18)13(7-16)4-5-13/h2-3,6,8H,4-5H2,1H3,(H,17,18). The van der Waals surface area contributed by atoms with Crippen LogP contribution >= 0.6 is 23.2 Å². The van der Waals surface area contributed by atoms with Crippen LogP contribution in [0.1, 0.15) is 31.4 Å². The third-order valence-electron chi connectivity index (χ3n) is 3.18. The third kappa shape index (κ3) is 2.45. The number of carbonyl (C=O) groups is 1. The average Bonchev–Trinajstić information content (AvgIpc) is 3.09. The zero-order valence-corrected chi connectivity index (χ0v) is 11.3. The van der Waals surface area contributed by atoms with Crippen LogP contribution in [0.25, 0.3) is 0 Å². The van der Waals surface area contributed by atoms with Gasteiger partial charge in [0.05, 0.1) is 12.1 Å². The fourth-order valence-electron chi connectivity index (χ4n) is 1.78. The van der Waals surface area contributed by atoms with Crippen LogP contribution in [0.5, 0.6) is 0 Å². The van der Waals surface area contributed by atoms with Gasteiger partial charge in [0.15, 0.2) is 0 Å². The highest BCUT2D eigenvalue weighted by molar-refractivity contribution is 6.35. The Morgan fingerprint density at radius 1 is 1.50 bits per heavy atom. The van der Waals surface area contributed by atoms with E-state index in [0.29, 0.717) is 22.9 Å². The first kappa shape index (κ1) is 13.2. The van der Waals surface area contributed by atoms with Gasteiger partial charge >= 0.3 is 0 Å². The SMILES string of the molecule is CC(NC(=O)C1(C#N)CC1)c1ccc(Cl)cc1Cl. The number of amides is 1. The smallest absolute Gasteiger partial charge is 0.240 e. The van der Waals surface area contributed by atoms with Crippen molar-refractivity contribution >= 4 is 29.1 Å². The Kier molecular flexibility index (Phi) is 3.52. The summed E-state index contributed by atoms with van der Waals surface area (Å²) >= 11 is 11.9. The average molecular weight is 283 g/mol. The lowest BCUT2D eigenvalue weighted by Gasteiger charge is -2.17. The molecule has 1 atom stereocenters. The fourth-order valence-corrected chi connectivity index (χ4v) is 2.35. The lowest BCUT2D eigenvalue weighted by molar-refractivity contribution is -0.125. The summed E-state index contributed by atoms with van der Waals surface area (Å²) in [7, 11) is 0. The van der Waals surface area contributed by atoms with E-state index in [-0.39, 0.29) is 11.9 Å². The highest BCUT2D eigenvalue weighted by atomic mass is 35.5. The summed E-state index contributed by atoms with van der Waals surface area (Å²) in [5.41, 5.74) is -0.0178. The molecule has 1 fully saturated rings. The van der Waals surface area contributed by atoms with Gasteiger partial charge in [0, 0.05) is 10.0 Å². The molecule has 0 spiro atoms. The summed E-state index contributed by atoms with van der Waals surface area (Å²) in [5.74, 6) is -0.219. The van der Waals surface area contributed by atoms with E-state index in [9.17, 15) is 4.79 Å². The van der Waals surface area contributed by atoms with E-state index in [1.807, 2.05) is 6.92 Å². The number of nitrogens with zero attached hydrogens (tertiary/aromatic N) is 1. The van der Waals surface area contributed by atoms with Crippen LogP contribution in [-0.2, 0) is 4.79 Å². The second-order valence-corrected chi connectivity index (χ2v) is 5.40. The van der Waals surface area contributed by atoms with E-state index >= 15 is 0 Å². The molecule has 0 radical (unpaired) electrons. The molecule has 18 heavy (non-hydrogen) atoms. The Labute approximate surface area is 116 Å². The van der Waals surface area contributed by atoms with Gasteiger partial charge in [-0.3, -0.25) is 4.79 Å². The molecule has 0 aliphatic heterocycles. The maximum Gasteiger partial charge on any atom is 0.240 e. The summed E-state index contributed by atoms with van der Waals surface area (Å²) in [5, 5.41) is 12.8. The van der Waals surface area contributed by atoms with Crippen LogP contribution < -0.4 is 5.32 Å². The maximum atomic E-state index is 11.9. The summed E-state index contributed by atoms with van der Waals surface area (Å²) < 4.78 is 0. The van der Waals surface area contributed by atoms with Crippen molar-refractivity contribution in [2.45, 2.75) is 25.8 Å². The van der Waals surface area contributed by atoms with Gasteiger partial charge in [-0.2, -0.15) is 5.26 Å². The van der Waals surface area contributed by atoms with Gasteiger partial charge < -0.3 is 5.32 Å². The summed E-state index contributed by atoms with van der Waals surface area (Å²) in [6.45, 7) is 1.83. The summed E-state index contributed by atoms with van der Waals surface area (Å²) in [6, 6.07) is 6.97. The second kappa shape index (κ2) is 4.79. The van der Waals surface area contributed by atoms with E-state index in [1.165, 1.54) is 0 Å². The van der Waals surface area contributed by atoms with Crippen molar-refractivity contribution < 1.29 is 4.79 Å². The molecule has 1 amide bonds. The molecule has 1 N–H and O–H groups in total. The molecule has 2 rings (SSSR count). The van der Waals surface area contributed by atoms with Crippen LogP contribution in [0.3, 0.4) is 0 Å². The first-order valence-corrected chi connectivity index (χ1v) is 6.41. The number of nitriles is 1. The molecule has 1 aliphatic carbocycles. The second-order valence-electron chi connectivity index (χ2n) is 4.55. The molecule has 1 unspecified atom stereocenters. The minimum Gasteiger partial charge on any atom is -0.348 e. The number of benzene rings is 1. The lowest BCUT2D eigenvalue weighted by Crippen LogP contribution is -2.33. The summed E-state index contributed by atoms with van der Waals surface area (Å²) in [6.07, 6.45) is 1.27. The largest absolute Gasteiger partial charge is 0.348 e. The highest BCUT2D eigenvalue weighted by Gasteiger charge is 2.50. The summed E-state index contributed by atoms with van der Waals surface area (Å²) in [4.78, 5) is 11.9. The van der Waals surface area contributed by atoms with Gasteiger partial charge in [0.25, 0.3) is 0 Å². The Hall–Kier alpha value is -1.24. The van der Waals surface area contributed by atoms with Crippen molar-refractivity contribution in [1.29, 1.82) is 5.26 Å². The molecule has 1 saturated carbocycles. The molecule has 1 aromatic carbocycles. The maximum absolute atomic E-state index is 11.9. The first-order valence-electron chi connectivity index (χ1n) is 5.66. The molecule has 94 valence electrons. The predicted molar refractivity (Wildman–Crippen MR) is 70.3 cm³/mol. The van der Waals surface area contributed by atoms with Crippen LogP contribution in [-0.4, -0.2) is 5.91 Å². The molecule has 5 heteroatoms. The van der Waals surface area contributed by atoms with E-state index in [2.05, 4.69) is 11.4 Å². The van der Waals surface area contributed by atoms with Crippen molar-refractivity contribution in [3.8, 4) is 6.07 Å². The minimum absolute atomic E-state index is 0.219. The van der Waals surface area contributed by atoms with Crippen LogP contribution in [0.15, 0.2) is 18.2 Å². The molecule has 0 bridgehead atoms. The van der Waals surface area contributed by atoms with Gasteiger partial charge in [0.1, 0.15) is 5.41 Å². The van der Waals surface area contributed by atoms with Gasteiger partial charge in [-0.15, -0.1) is 0 Å². The Morgan fingerprint density at radius 2 is 2.17 bits per heavy atom. The highest BCUT2D eigenvalue weighted by Crippen LogP contribution is 2.45. The van der Waals surface area contributed by atoms with Gasteiger partial charge in [-0.05, 0) is 37.5 Å². The Morgan fingerprint density at radius 3 is 2.67 bits per heavy atom. The van der Waals surface area contributed by atoms with Gasteiger partial charge in [-0.25, -0.2) is 0 Å². The van der Waals surface area contributed by atoms with Crippen molar-refractivity contribution in [2.75, 3.05) is 0 Å². The Bertz CT molecular complexity index is 532. The third-order valence-corrected chi connectivity index (χ3v) is 3.74. The number of halogens is 2. The quantitative estimate of drug-likeness (QED) is 0.923. The van der Waals surface area contributed by atoms with Crippen LogP contribution in [0.2, 0.25) is 10.0 Å². The zero-order chi connectivity index (χ0) is 13.3. The normalized spacial score (nSPS) is 17.7. The van der Waals surface area contributed by atoms with Gasteiger partial charge in [-0.1, -0.05) is 29.3 Å². The van der Waals surface area contributed by atoms with Crippen molar-refractivity contribution in [2.24, 2.45) is 5.41 Å². The van der Waals surface area contributed by atoms with Crippen LogP contribution in [0, 0.1) is 16.7 Å². The molecular weight excluding hydrogens is 271 g/mol. The van der Waals surface area contributed by atoms with E-state index < -0.39 is 5.41 Å². The first-order chi connectivity index (χ1) is 8.48. The predicted octanol–water partition coefficient (Wildman–Crippen LogP) is 3.47. The Balaban J connectivity index is 2.11. The zero-order valence-electron chi connectivity index (χ0n) is 9.84. The molecule has 3 nitrogen and oxygen atoms in total. The monoisotopic (exact) mass is 282 g/mol. The number of hydrogen-bond acceptors (Lipinski definition) is 2. The molecule has 1 aliphatic rings. The number of carbonyl (C=O) groups excluding carboxylic acids is 1. The molecule has 1 aromatic rings. The van der Waals surface area contributed by atoms with Crippen molar-refractivity contribution in [3.63, 3.8) is 0 Å². The lowest BCUT2D eigenvalue weighted by atomic mass is 10.1. The number of rotatable bonds is 3. The van der Waals surface area contributed by atoms with E-state index in [1.54, 1.807) is 18.2 Å². The molecule has 0 saturated heterocycles. The van der Waals surface area contributed by atoms with Crippen molar-refractivity contribution in [1.82, 2.24) is 5.32 Å². The number of nitrogens with one attached hydrogen (secondary N) is 1. The van der Waals surface area contributed by atoms with Crippen molar-refractivity contribution in [3.05, 3.63) is 33.8 Å².